The minimum Gasteiger partial charge on any atom is -0.454 e. The van der Waals surface area contributed by atoms with Crippen LogP contribution in [-0.4, -0.2) is 23.2 Å². The van der Waals surface area contributed by atoms with Gasteiger partial charge in [-0.05, 0) is 114 Å². The first-order valence-electron chi connectivity index (χ1n) is 13.5. The number of imide groups is 1. The molecule has 5 fully saturated rings. The van der Waals surface area contributed by atoms with Gasteiger partial charge in [-0.15, -0.1) is 0 Å². The maximum absolute atomic E-state index is 12.0. The van der Waals surface area contributed by atoms with Crippen LogP contribution in [0.5, 0.6) is 11.5 Å². The van der Waals surface area contributed by atoms with Crippen molar-refractivity contribution in [1.29, 1.82) is 0 Å². The molecule has 188 valence electrons. The first-order chi connectivity index (χ1) is 18.0. The van der Waals surface area contributed by atoms with E-state index in [0.717, 1.165) is 57.4 Å². The van der Waals surface area contributed by atoms with E-state index in [2.05, 4.69) is 53.8 Å². The molecule has 3 aromatic carbocycles. The van der Waals surface area contributed by atoms with E-state index >= 15 is 0 Å². The van der Waals surface area contributed by atoms with E-state index in [1.165, 1.54) is 55.2 Å². The summed E-state index contributed by atoms with van der Waals surface area (Å²) in [6.45, 7) is 0.307. The molecule has 4 bridgehead atoms. The zero-order chi connectivity index (χ0) is 24.7. The van der Waals surface area contributed by atoms with E-state index in [4.69, 9.17) is 9.47 Å². The molecule has 0 spiro atoms. The Morgan fingerprint density at radius 3 is 2.30 bits per heavy atom. The number of nitrogens with one attached hydrogen (secondary N) is 1. The molecule has 6 heteroatoms. The van der Waals surface area contributed by atoms with Gasteiger partial charge in [0.05, 0.1) is 5.25 Å². The van der Waals surface area contributed by atoms with Crippen LogP contribution in [0.4, 0.5) is 4.79 Å². The number of hydrogen-bond donors (Lipinski definition) is 1. The quantitative estimate of drug-likeness (QED) is 0.428. The van der Waals surface area contributed by atoms with Crippen LogP contribution in [0.1, 0.15) is 49.7 Å². The third-order valence-electron chi connectivity index (χ3n) is 9.51. The van der Waals surface area contributed by atoms with E-state index in [9.17, 15) is 9.59 Å². The number of rotatable bonds is 4. The monoisotopic (exact) mass is 511 g/mol. The fourth-order valence-corrected chi connectivity index (χ4v) is 9.21. The molecule has 6 aliphatic rings. The summed E-state index contributed by atoms with van der Waals surface area (Å²) in [6.07, 6.45) is 8.70. The van der Waals surface area contributed by atoms with Crippen molar-refractivity contribution in [3.8, 4) is 22.6 Å². The van der Waals surface area contributed by atoms with Crippen molar-refractivity contribution in [2.75, 3.05) is 6.79 Å². The van der Waals surface area contributed by atoms with Crippen LogP contribution >= 0.6 is 11.8 Å². The number of carbonyl (C=O) groups is 2. The van der Waals surface area contributed by atoms with Crippen molar-refractivity contribution in [1.82, 2.24) is 5.32 Å². The lowest BCUT2D eigenvalue weighted by Crippen LogP contribution is -2.48. The van der Waals surface area contributed by atoms with E-state index in [0.29, 0.717) is 13.2 Å². The second-order valence-electron chi connectivity index (χ2n) is 11.9. The zero-order valence-electron chi connectivity index (χ0n) is 20.6. The van der Waals surface area contributed by atoms with Crippen molar-refractivity contribution in [2.45, 2.75) is 55.6 Å². The molecule has 37 heavy (non-hydrogen) atoms. The van der Waals surface area contributed by atoms with E-state index in [-0.39, 0.29) is 21.8 Å². The Bertz CT molecular complexity index is 1440. The van der Waals surface area contributed by atoms with Crippen molar-refractivity contribution >= 4 is 33.7 Å². The average molecular weight is 512 g/mol. The fraction of sp³-hybridized carbons (Fsp3) is 0.419. The predicted molar refractivity (Wildman–Crippen MR) is 144 cm³/mol. The van der Waals surface area contributed by atoms with Crippen LogP contribution in [0, 0.1) is 17.8 Å². The zero-order valence-corrected chi connectivity index (χ0v) is 21.4. The Morgan fingerprint density at radius 2 is 1.57 bits per heavy atom. The lowest BCUT2D eigenvalue weighted by Gasteiger charge is -2.57. The minimum absolute atomic E-state index is 0.192. The molecule has 0 radical (unpaired) electrons. The van der Waals surface area contributed by atoms with Gasteiger partial charge in [0.25, 0.3) is 5.24 Å². The van der Waals surface area contributed by atoms with Crippen LogP contribution in [0.25, 0.3) is 21.9 Å². The molecule has 2 heterocycles. The maximum Gasteiger partial charge on any atom is 0.286 e. The van der Waals surface area contributed by atoms with Gasteiger partial charge in [0.15, 0.2) is 11.5 Å². The summed E-state index contributed by atoms with van der Waals surface area (Å²) in [5.41, 5.74) is 5.06. The summed E-state index contributed by atoms with van der Waals surface area (Å²) in [7, 11) is 0. The fourth-order valence-electron chi connectivity index (χ4n) is 8.35. The van der Waals surface area contributed by atoms with Crippen molar-refractivity contribution in [2.24, 2.45) is 17.8 Å². The Morgan fingerprint density at radius 1 is 0.838 bits per heavy atom. The van der Waals surface area contributed by atoms with Crippen molar-refractivity contribution in [3.63, 3.8) is 0 Å². The summed E-state index contributed by atoms with van der Waals surface area (Å²) < 4.78 is 12.1. The molecule has 1 N–H and O–H groups in total. The summed E-state index contributed by atoms with van der Waals surface area (Å²) >= 11 is 1.08. The maximum atomic E-state index is 12.0. The van der Waals surface area contributed by atoms with E-state index in [1.807, 2.05) is 0 Å². The third-order valence-corrected chi connectivity index (χ3v) is 10.5. The first kappa shape index (κ1) is 22.0. The highest BCUT2D eigenvalue weighted by Crippen LogP contribution is 2.63. The second-order valence-corrected chi connectivity index (χ2v) is 13.1. The lowest BCUT2D eigenvalue weighted by atomic mass is 9.48. The normalized spacial score (nSPS) is 31.4. The molecular weight excluding hydrogens is 482 g/mol. The molecule has 3 aromatic rings. The summed E-state index contributed by atoms with van der Waals surface area (Å²) in [6, 6.07) is 17.5. The van der Waals surface area contributed by atoms with Gasteiger partial charge in [0.2, 0.25) is 12.7 Å². The number of carbonyl (C=O) groups excluding carboxylic acids is 2. The van der Waals surface area contributed by atoms with Crippen LogP contribution in [-0.2, 0) is 16.6 Å². The van der Waals surface area contributed by atoms with Crippen LogP contribution < -0.4 is 14.8 Å². The topological polar surface area (TPSA) is 64.6 Å². The minimum atomic E-state index is -0.346. The Kier molecular flexibility index (Phi) is 4.77. The molecule has 0 aromatic heterocycles. The number of benzene rings is 3. The molecule has 4 aliphatic carbocycles. The standard InChI is InChI=1S/C31H29NO4S/c33-29-27(37-30(34)32-29)9-17-1-2-22-10-23(4-3-21(22)8-17)24-11-25(28-26(12-24)35-16-36-28)31-13-18-5-19(14-31)7-20(6-18)15-31/h1-4,8,10-12,18-20,27H,5-7,9,13-16H2,(H,32,33,34). The molecule has 9 rings (SSSR count). The van der Waals surface area contributed by atoms with Gasteiger partial charge in [-0.1, -0.05) is 42.1 Å². The van der Waals surface area contributed by atoms with Gasteiger partial charge in [0, 0.05) is 5.56 Å². The van der Waals surface area contributed by atoms with Crippen molar-refractivity contribution < 1.29 is 19.1 Å². The molecule has 2 amide bonds. The summed E-state index contributed by atoms with van der Waals surface area (Å²) in [5.74, 6) is 4.30. The van der Waals surface area contributed by atoms with E-state index < -0.39 is 0 Å². The molecule has 1 atom stereocenters. The Hall–Kier alpha value is -2.99. The van der Waals surface area contributed by atoms with Crippen molar-refractivity contribution in [3.05, 3.63) is 59.7 Å². The number of amides is 2. The van der Waals surface area contributed by atoms with Crippen LogP contribution in [0.3, 0.4) is 0 Å². The predicted octanol–water partition coefficient (Wildman–Crippen LogP) is 6.60. The number of ether oxygens (including phenoxy) is 2. The smallest absolute Gasteiger partial charge is 0.286 e. The molecule has 1 unspecified atom stereocenters. The Balaban J connectivity index is 1.15. The number of thioether (sulfide) groups is 1. The average Bonchev–Trinajstić information content (AvgIpc) is 3.47. The van der Waals surface area contributed by atoms with Crippen LogP contribution in [0.15, 0.2) is 48.5 Å². The first-order valence-corrected chi connectivity index (χ1v) is 14.4. The highest BCUT2D eigenvalue weighted by atomic mass is 32.2. The second kappa shape index (κ2) is 8.00. The van der Waals surface area contributed by atoms with Gasteiger partial charge in [0.1, 0.15) is 0 Å². The lowest BCUT2D eigenvalue weighted by molar-refractivity contribution is -0.118. The number of hydrogen-bond acceptors (Lipinski definition) is 5. The van der Waals surface area contributed by atoms with Gasteiger partial charge in [-0.25, -0.2) is 0 Å². The molecule has 1 saturated heterocycles. The SMILES string of the molecule is O=C1NC(=O)C(Cc2ccc3cc(-c4cc5c(c(C67CC8CC(CC(C8)C6)C7)c4)OCO5)ccc3c2)S1. The van der Waals surface area contributed by atoms with Gasteiger partial charge < -0.3 is 9.47 Å². The third kappa shape index (κ3) is 3.59. The van der Waals surface area contributed by atoms with Gasteiger partial charge in [-0.2, -0.15) is 0 Å². The largest absolute Gasteiger partial charge is 0.454 e. The summed E-state index contributed by atoms with van der Waals surface area (Å²) in [4.78, 5) is 23.5. The molecule has 4 saturated carbocycles. The van der Waals surface area contributed by atoms with Gasteiger partial charge >= 0.3 is 0 Å². The molecule has 2 aliphatic heterocycles. The van der Waals surface area contributed by atoms with E-state index in [1.54, 1.807) is 0 Å². The number of fused-ring (bicyclic) bond motifs is 2. The summed E-state index contributed by atoms with van der Waals surface area (Å²) in [5, 5.41) is 4.08. The highest BCUT2D eigenvalue weighted by Gasteiger charge is 2.53. The molecular formula is C31H29NO4S. The van der Waals surface area contributed by atoms with Crippen LogP contribution in [0.2, 0.25) is 0 Å². The molecule has 5 nitrogen and oxygen atoms in total. The van der Waals surface area contributed by atoms with Gasteiger partial charge in [-0.3, -0.25) is 14.9 Å². The Labute approximate surface area is 220 Å². The highest BCUT2D eigenvalue weighted by molar-refractivity contribution is 8.15.